The van der Waals surface area contributed by atoms with Crippen LogP contribution >= 0.6 is 0 Å². The number of benzene rings is 2. The van der Waals surface area contributed by atoms with Crippen molar-refractivity contribution >= 4 is 15.9 Å². The van der Waals surface area contributed by atoms with Crippen LogP contribution in [-0.2, 0) is 27.8 Å². The van der Waals surface area contributed by atoms with Crippen LogP contribution in [0.25, 0.3) is 0 Å². The summed E-state index contributed by atoms with van der Waals surface area (Å²) in [5.74, 6) is -0.454. The number of likely N-dealkylation sites (N-methyl/N-ethyl adjacent to an activating group) is 1. The van der Waals surface area contributed by atoms with Gasteiger partial charge < -0.3 is 9.80 Å². The van der Waals surface area contributed by atoms with Gasteiger partial charge in [0.05, 0.1) is 11.3 Å². The molecular formula is C24H32FN3O3S. The van der Waals surface area contributed by atoms with Gasteiger partial charge in [-0.2, -0.15) is 4.31 Å². The second-order valence-electron chi connectivity index (χ2n) is 8.50. The van der Waals surface area contributed by atoms with Crippen molar-refractivity contribution in [2.45, 2.75) is 37.1 Å². The summed E-state index contributed by atoms with van der Waals surface area (Å²) >= 11 is 0. The van der Waals surface area contributed by atoms with Gasteiger partial charge in [-0.3, -0.25) is 4.79 Å². The van der Waals surface area contributed by atoms with E-state index in [1.807, 2.05) is 19.0 Å². The van der Waals surface area contributed by atoms with Gasteiger partial charge in [0.2, 0.25) is 15.9 Å². The van der Waals surface area contributed by atoms with Gasteiger partial charge in [-0.05, 0) is 50.7 Å². The van der Waals surface area contributed by atoms with E-state index in [9.17, 15) is 17.6 Å². The molecule has 1 amide bonds. The van der Waals surface area contributed by atoms with E-state index in [-0.39, 0.29) is 29.6 Å². The number of carbonyl (C=O) groups is 1. The maximum absolute atomic E-state index is 14.1. The van der Waals surface area contributed by atoms with Gasteiger partial charge in [-0.25, -0.2) is 12.8 Å². The SMILES string of the molecule is CN(C)CCN(Cc1ccccc1F)C(=O)Cc1ccc(S(=O)(=O)N2CCCCC2)cc1. The highest BCUT2D eigenvalue weighted by atomic mass is 32.2. The van der Waals surface area contributed by atoms with Gasteiger partial charge in [-0.15, -0.1) is 0 Å². The molecule has 1 aliphatic heterocycles. The number of hydrogen-bond acceptors (Lipinski definition) is 4. The summed E-state index contributed by atoms with van der Waals surface area (Å²) in [6.07, 6.45) is 2.96. The Morgan fingerprint density at radius 2 is 1.62 bits per heavy atom. The smallest absolute Gasteiger partial charge is 0.243 e. The molecule has 1 aliphatic rings. The third kappa shape index (κ3) is 6.37. The number of amides is 1. The summed E-state index contributed by atoms with van der Waals surface area (Å²) in [5, 5.41) is 0. The van der Waals surface area contributed by atoms with E-state index in [0.717, 1.165) is 24.8 Å². The van der Waals surface area contributed by atoms with Gasteiger partial charge in [0.25, 0.3) is 0 Å². The summed E-state index contributed by atoms with van der Waals surface area (Å²) in [6, 6.07) is 13.0. The molecule has 1 saturated heterocycles. The highest BCUT2D eigenvalue weighted by Gasteiger charge is 2.26. The average molecular weight is 462 g/mol. The third-order valence-corrected chi connectivity index (χ3v) is 7.63. The Kier molecular flexibility index (Phi) is 8.39. The molecule has 0 unspecified atom stereocenters. The van der Waals surface area contributed by atoms with Crippen LogP contribution in [-0.4, -0.2) is 68.7 Å². The van der Waals surface area contributed by atoms with Crippen LogP contribution in [0.3, 0.4) is 0 Å². The number of nitrogens with zero attached hydrogens (tertiary/aromatic N) is 3. The maximum Gasteiger partial charge on any atom is 0.243 e. The van der Waals surface area contributed by atoms with Gasteiger partial charge >= 0.3 is 0 Å². The molecule has 32 heavy (non-hydrogen) atoms. The predicted octanol–water partition coefficient (Wildman–Crippen LogP) is 3.13. The van der Waals surface area contributed by atoms with E-state index in [0.29, 0.717) is 31.7 Å². The van der Waals surface area contributed by atoms with E-state index in [4.69, 9.17) is 0 Å². The summed E-state index contributed by atoms with van der Waals surface area (Å²) in [4.78, 5) is 16.9. The van der Waals surface area contributed by atoms with Crippen LogP contribution in [0, 0.1) is 5.82 Å². The van der Waals surface area contributed by atoms with Crippen LogP contribution < -0.4 is 0 Å². The monoisotopic (exact) mass is 461 g/mol. The van der Waals surface area contributed by atoms with Crippen molar-refractivity contribution in [1.82, 2.24) is 14.1 Å². The summed E-state index contributed by atoms with van der Waals surface area (Å²) in [5.41, 5.74) is 1.21. The molecule has 0 aromatic heterocycles. The molecule has 6 nitrogen and oxygen atoms in total. The van der Waals surface area contributed by atoms with E-state index in [2.05, 4.69) is 0 Å². The largest absolute Gasteiger partial charge is 0.337 e. The summed E-state index contributed by atoms with van der Waals surface area (Å²) in [7, 11) is 0.351. The molecule has 0 spiro atoms. The first-order valence-corrected chi connectivity index (χ1v) is 12.5. The van der Waals surface area contributed by atoms with Crippen LogP contribution in [0.4, 0.5) is 4.39 Å². The average Bonchev–Trinajstić information content (AvgIpc) is 2.78. The second kappa shape index (κ2) is 11.0. The van der Waals surface area contributed by atoms with E-state index in [1.54, 1.807) is 47.4 Å². The summed E-state index contributed by atoms with van der Waals surface area (Å²) in [6.45, 7) is 2.44. The zero-order valence-electron chi connectivity index (χ0n) is 18.8. The van der Waals surface area contributed by atoms with E-state index >= 15 is 0 Å². The Balaban J connectivity index is 1.70. The van der Waals surface area contributed by atoms with E-state index < -0.39 is 10.0 Å². The molecular weight excluding hydrogens is 429 g/mol. The number of sulfonamides is 1. The molecule has 1 fully saturated rings. The fraction of sp³-hybridized carbons (Fsp3) is 0.458. The lowest BCUT2D eigenvalue weighted by Crippen LogP contribution is -2.37. The zero-order valence-corrected chi connectivity index (χ0v) is 19.7. The lowest BCUT2D eigenvalue weighted by molar-refractivity contribution is -0.131. The Bertz CT molecular complexity index is 1000. The molecule has 174 valence electrons. The molecule has 0 saturated carbocycles. The highest BCUT2D eigenvalue weighted by molar-refractivity contribution is 7.89. The molecule has 2 aromatic rings. The number of halogens is 1. The van der Waals surface area contributed by atoms with E-state index in [1.165, 1.54) is 10.4 Å². The third-order valence-electron chi connectivity index (χ3n) is 5.72. The van der Waals surface area contributed by atoms with Crippen molar-refractivity contribution < 1.29 is 17.6 Å². The minimum Gasteiger partial charge on any atom is -0.337 e. The van der Waals surface area contributed by atoms with Gasteiger partial charge in [0, 0.05) is 38.3 Å². The normalized spacial score (nSPS) is 15.1. The van der Waals surface area contributed by atoms with Gasteiger partial charge in [0.15, 0.2) is 0 Å². The van der Waals surface area contributed by atoms with Crippen molar-refractivity contribution in [3.05, 3.63) is 65.5 Å². The van der Waals surface area contributed by atoms with Crippen molar-refractivity contribution in [2.24, 2.45) is 0 Å². The Morgan fingerprint density at radius 3 is 2.25 bits per heavy atom. The molecule has 0 bridgehead atoms. The number of carbonyl (C=O) groups excluding carboxylic acids is 1. The van der Waals surface area contributed by atoms with Crippen molar-refractivity contribution in [3.8, 4) is 0 Å². The molecule has 0 radical (unpaired) electrons. The number of rotatable bonds is 9. The quantitative estimate of drug-likeness (QED) is 0.576. The molecule has 3 rings (SSSR count). The van der Waals surface area contributed by atoms with Gasteiger partial charge in [-0.1, -0.05) is 36.8 Å². The first kappa shape index (κ1) is 24.4. The predicted molar refractivity (Wildman–Crippen MR) is 123 cm³/mol. The van der Waals surface area contributed by atoms with Crippen molar-refractivity contribution in [2.75, 3.05) is 40.3 Å². The number of hydrogen-bond donors (Lipinski definition) is 0. The minimum absolute atomic E-state index is 0.123. The Hall–Kier alpha value is -2.29. The standard InChI is InChI=1S/C24H32FN3O3S/c1-26(2)16-17-27(19-21-8-4-5-9-23(21)25)24(29)18-20-10-12-22(13-11-20)32(30,31)28-14-6-3-7-15-28/h4-5,8-13H,3,6-7,14-19H2,1-2H3. The van der Waals surface area contributed by atoms with Crippen molar-refractivity contribution in [1.29, 1.82) is 0 Å². The van der Waals surface area contributed by atoms with Crippen LogP contribution in [0.2, 0.25) is 0 Å². The second-order valence-corrected chi connectivity index (χ2v) is 10.4. The fourth-order valence-electron chi connectivity index (χ4n) is 3.76. The lowest BCUT2D eigenvalue weighted by atomic mass is 10.1. The van der Waals surface area contributed by atoms with Crippen LogP contribution in [0.15, 0.2) is 53.4 Å². The number of piperidine rings is 1. The van der Waals surface area contributed by atoms with Crippen LogP contribution in [0.1, 0.15) is 30.4 Å². The summed E-state index contributed by atoms with van der Waals surface area (Å²) < 4.78 is 41.3. The highest BCUT2D eigenvalue weighted by Crippen LogP contribution is 2.21. The molecule has 0 N–H and O–H groups in total. The Morgan fingerprint density at radius 1 is 0.969 bits per heavy atom. The van der Waals surface area contributed by atoms with Crippen LogP contribution in [0.5, 0.6) is 0 Å². The minimum atomic E-state index is -3.50. The lowest BCUT2D eigenvalue weighted by Gasteiger charge is -2.26. The zero-order chi connectivity index (χ0) is 23.1. The maximum atomic E-state index is 14.1. The molecule has 0 aliphatic carbocycles. The topological polar surface area (TPSA) is 60.9 Å². The van der Waals surface area contributed by atoms with Gasteiger partial charge in [0.1, 0.15) is 5.82 Å². The molecule has 1 heterocycles. The first-order valence-electron chi connectivity index (χ1n) is 11.0. The fourth-order valence-corrected chi connectivity index (χ4v) is 5.28. The molecule has 2 aromatic carbocycles. The molecule has 8 heteroatoms. The first-order chi connectivity index (χ1) is 15.3. The Labute approximate surface area is 190 Å². The van der Waals surface area contributed by atoms with Crippen molar-refractivity contribution in [3.63, 3.8) is 0 Å². The molecule has 0 atom stereocenters.